The molecule has 0 aromatic heterocycles. The van der Waals surface area contributed by atoms with Crippen molar-refractivity contribution in [3.05, 3.63) is 58.8 Å². The van der Waals surface area contributed by atoms with E-state index in [1.807, 2.05) is 13.8 Å². The summed E-state index contributed by atoms with van der Waals surface area (Å²) >= 11 is 0. The summed E-state index contributed by atoms with van der Waals surface area (Å²) in [4.78, 5) is 18.5. The van der Waals surface area contributed by atoms with E-state index >= 15 is 0 Å². The fourth-order valence-electron chi connectivity index (χ4n) is 5.14. The predicted octanol–water partition coefficient (Wildman–Crippen LogP) is 5.11. The molecule has 0 N–H and O–H groups in total. The number of halogens is 4. The third-order valence-electron chi connectivity index (χ3n) is 7.21. The van der Waals surface area contributed by atoms with Gasteiger partial charge in [0, 0.05) is 49.9 Å². The minimum Gasteiger partial charge on any atom is -0.367 e. The minimum absolute atomic E-state index is 0.0147. The van der Waals surface area contributed by atoms with Crippen LogP contribution in [-0.4, -0.2) is 58.9 Å². The van der Waals surface area contributed by atoms with E-state index in [-0.39, 0.29) is 29.6 Å². The number of alkyl halides is 3. The molecule has 0 aliphatic carbocycles. The molecular weight excluding hydrogens is 450 g/mol. The second kappa shape index (κ2) is 9.13. The molecule has 10 heteroatoms. The summed E-state index contributed by atoms with van der Waals surface area (Å²) in [6.07, 6.45) is 0.183. The average Bonchev–Trinajstić information content (AvgIpc) is 3.29. The maximum Gasteiger partial charge on any atom is 0.416 e. The summed E-state index contributed by atoms with van der Waals surface area (Å²) in [5, 5.41) is 8.37. The summed E-state index contributed by atoms with van der Waals surface area (Å²) in [7, 11) is 1.70. The van der Waals surface area contributed by atoms with Gasteiger partial charge in [-0.3, -0.25) is 9.69 Å². The molecule has 1 unspecified atom stereocenters. The highest BCUT2D eigenvalue weighted by molar-refractivity contribution is 5.91. The molecule has 0 bridgehead atoms. The lowest BCUT2D eigenvalue weighted by Gasteiger charge is -2.51. The second-order valence-electron chi connectivity index (χ2n) is 9.04. The number of azo groups is 1. The zero-order valence-corrected chi connectivity index (χ0v) is 19.7. The largest absolute Gasteiger partial charge is 0.416 e. The van der Waals surface area contributed by atoms with Gasteiger partial charge in [0.05, 0.1) is 23.2 Å². The molecule has 1 aromatic rings. The lowest BCUT2D eigenvalue weighted by Crippen LogP contribution is -2.59. The van der Waals surface area contributed by atoms with Crippen molar-refractivity contribution in [2.75, 3.05) is 20.1 Å². The van der Waals surface area contributed by atoms with Crippen molar-refractivity contribution < 1.29 is 22.4 Å². The van der Waals surface area contributed by atoms with Crippen LogP contribution in [0.2, 0.25) is 0 Å². The Morgan fingerprint density at radius 3 is 2.44 bits per heavy atom. The Morgan fingerprint density at radius 1 is 1.12 bits per heavy atom. The van der Waals surface area contributed by atoms with Gasteiger partial charge in [0.15, 0.2) is 6.04 Å². The van der Waals surface area contributed by atoms with Crippen LogP contribution in [0.4, 0.5) is 17.6 Å². The van der Waals surface area contributed by atoms with E-state index in [0.717, 1.165) is 30.3 Å². The van der Waals surface area contributed by atoms with Gasteiger partial charge in [0.1, 0.15) is 5.82 Å². The molecule has 1 saturated heterocycles. The van der Waals surface area contributed by atoms with Gasteiger partial charge in [0.2, 0.25) is 0 Å². The van der Waals surface area contributed by atoms with Crippen molar-refractivity contribution in [1.82, 2.24) is 14.7 Å². The summed E-state index contributed by atoms with van der Waals surface area (Å²) in [5.74, 6) is -0.979. The van der Waals surface area contributed by atoms with Gasteiger partial charge in [-0.2, -0.15) is 23.4 Å². The first kappa shape index (κ1) is 24.4. The zero-order chi connectivity index (χ0) is 24.8. The number of hydrogen-bond donors (Lipinski definition) is 0. The molecular formula is C24H29F4N5O. The van der Waals surface area contributed by atoms with Crippen LogP contribution in [0.3, 0.4) is 0 Å². The molecule has 6 nitrogen and oxygen atoms in total. The van der Waals surface area contributed by atoms with Crippen molar-refractivity contribution in [2.45, 2.75) is 64.0 Å². The van der Waals surface area contributed by atoms with Crippen molar-refractivity contribution >= 4 is 5.91 Å². The van der Waals surface area contributed by atoms with Gasteiger partial charge >= 0.3 is 6.18 Å². The Morgan fingerprint density at radius 2 is 1.82 bits per heavy atom. The van der Waals surface area contributed by atoms with E-state index < -0.39 is 23.6 Å². The zero-order valence-electron chi connectivity index (χ0n) is 19.7. The summed E-state index contributed by atoms with van der Waals surface area (Å²) in [6.45, 7) is 7.11. The lowest BCUT2D eigenvalue weighted by molar-refractivity contribution is -0.137. The second-order valence-corrected chi connectivity index (χ2v) is 9.04. The number of hydrogen-bond acceptors (Lipinski definition) is 5. The molecule has 4 atom stereocenters. The van der Waals surface area contributed by atoms with Gasteiger partial charge in [-0.15, -0.1) is 0 Å². The Kier molecular flexibility index (Phi) is 6.54. The first-order valence-electron chi connectivity index (χ1n) is 11.5. The van der Waals surface area contributed by atoms with E-state index in [9.17, 15) is 22.4 Å². The first-order valence-corrected chi connectivity index (χ1v) is 11.5. The SMILES string of the molecule is CC[C@H]1CN([C@H](C)c2ccc(C(F)(F)F)cc2F)[C@H](CC)CN1C1=CC(=O)N(C)C2=CN=NC21. The molecule has 0 radical (unpaired) electrons. The summed E-state index contributed by atoms with van der Waals surface area (Å²) < 4.78 is 53.8. The number of nitrogens with zero attached hydrogens (tertiary/aromatic N) is 5. The molecule has 1 amide bonds. The maximum absolute atomic E-state index is 14.8. The van der Waals surface area contributed by atoms with Crippen LogP contribution >= 0.6 is 0 Å². The molecule has 184 valence electrons. The van der Waals surface area contributed by atoms with Gasteiger partial charge in [-0.25, -0.2) is 4.39 Å². The number of likely N-dealkylation sites (N-methyl/N-ethyl adjacent to an activating group) is 1. The minimum atomic E-state index is -4.59. The van der Waals surface area contributed by atoms with Gasteiger partial charge in [0.25, 0.3) is 5.91 Å². The van der Waals surface area contributed by atoms with Crippen molar-refractivity contribution in [3.63, 3.8) is 0 Å². The predicted molar refractivity (Wildman–Crippen MR) is 119 cm³/mol. The van der Waals surface area contributed by atoms with Crippen molar-refractivity contribution in [3.8, 4) is 0 Å². The Labute approximate surface area is 196 Å². The lowest BCUT2D eigenvalue weighted by atomic mass is 9.94. The van der Waals surface area contributed by atoms with E-state index in [1.165, 1.54) is 6.07 Å². The van der Waals surface area contributed by atoms with Crippen LogP contribution < -0.4 is 0 Å². The highest BCUT2D eigenvalue weighted by Crippen LogP contribution is 2.38. The fourth-order valence-corrected chi connectivity index (χ4v) is 5.14. The molecule has 3 aliphatic rings. The number of carbonyl (C=O) groups is 1. The Hall–Kier alpha value is -2.75. The Bertz CT molecular complexity index is 1050. The standard InChI is InChI=1S/C24H29F4N5O/c1-5-16-13-33(20-10-22(34)31(4)21-11-29-30-23(20)21)17(6-2)12-32(16)14(3)18-8-7-15(9-19(18)25)24(26,27)28/h7-11,14,16-17,23H,5-6,12-13H2,1-4H3/t14-,16-,17+,23?/m1/s1. The fraction of sp³-hybridized carbons (Fsp3) is 0.542. The van der Waals surface area contributed by atoms with Crippen LogP contribution in [0.15, 0.2) is 52.1 Å². The molecule has 3 heterocycles. The van der Waals surface area contributed by atoms with Gasteiger partial charge in [-0.05, 0) is 31.9 Å². The highest BCUT2D eigenvalue weighted by atomic mass is 19.4. The Balaban J connectivity index is 1.61. The number of carbonyl (C=O) groups excluding carboxylic acids is 1. The van der Waals surface area contributed by atoms with Crippen LogP contribution in [0.5, 0.6) is 0 Å². The molecule has 0 saturated carbocycles. The highest BCUT2D eigenvalue weighted by Gasteiger charge is 2.42. The van der Waals surface area contributed by atoms with Crippen LogP contribution in [-0.2, 0) is 11.0 Å². The third kappa shape index (κ3) is 4.23. The van der Waals surface area contributed by atoms with Crippen LogP contribution in [0, 0.1) is 5.82 Å². The van der Waals surface area contributed by atoms with Crippen LogP contribution in [0.25, 0.3) is 0 Å². The smallest absolute Gasteiger partial charge is 0.367 e. The average molecular weight is 480 g/mol. The quantitative estimate of drug-likeness (QED) is 0.552. The van der Waals surface area contributed by atoms with Gasteiger partial charge < -0.3 is 9.80 Å². The van der Waals surface area contributed by atoms with E-state index in [2.05, 4.69) is 27.0 Å². The number of amides is 1. The monoisotopic (exact) mass is 479 g/mol. The molecule has 0 spiro atoms. The van der Waals surface area contributed by atoms with E-state index in [0.29, 0.717) is 19.2 Å². The summed E-state index contributed by atoms with van der Waals surface area (Å²) in [6, 6.07) is 2.08. The normalized spacial score (nSPS) is 26.5. The molecule has 4 rings (SSSR count). The molecule has 1 fully saturated rings. The number of rotatable bonds is 5. The van der Waals surface area contributed by atoms with Gasteiger partial charge in [-0.1, -0.05) is 19.9 Å². The van der Waals surface area contributed by atoms with E-state index in [1.54, 1.807) is 24.2 Å². The maximum atomic E-state index is 14.8. The number of benzene rings is 1. The molecule has 34 heavy (non-hydrogen) atoms. The van der Waals surface area contributed by atoms with Crippen LogP contribution in [0.1, 0.15) is 50.8 Å². The topological polar surface area (TPSA) is 51.5 Å². The first-order chi connectivity index (χ1) is 16.1. The molecule has 3 aliphatic heterocycles. The molecule has 1 aromatic carbocycles. The third-order valence-corrected chi connectivity index (χ3v) is 7.21. The van der Waals surface area contributed by atoms with Crippen molar-refractivity contribution in [2.24, 2.45) is 10.2 Å². The van der Waals surface area contributed by atoms with Crippen molar-refractivity contribution in [1.29, 1.82) is 0 Å². The van der Waals surface area contributed by atoms with E-state index in [4.69, 9.17) is 0 Å². The summed E-state index contributed by atoms with van der Waals surface area (Å²) in [5.41, 5.74) is 0.817. The number of fused-ring (bicyclic) bond motifs is 1. The number of piperazine rings is 1.